The predicted molar refractivity (Wildman–Crippen MR) is 112 cm³/mol. The van der Waals surface area contributed by atoms with Crippen LogP contribution in [-0.2, 0) is 6.61 Å². The molecule has 4 aromatic carbocycles. The zero-order chi connectivity index (χ0) is 19.3. The fraction of sp³-hybridized carbons (Fsp3) is 0.0833. The molecule has 0 spiro atoms. The molecule has 1 aliphatic rings. The summed E-state index contributed by atoms with van der Waals surface area (Å²) in [7, 11) is 0. The normalized spacial score (nSPS) is 12.3. The molecule has 4 aromatic rings. The average molecular weight is 386 g/mol. The molecule has 0 radical (unpaired) electrons. The van der Waals surface area contributed by atoms with Gasteiger partial charge in [0, 0.05) is 21.4 Å². The van der Waals surface area contributed by atoms with E-state index in [1.54, 1.807) is 36.0 Å². The van der Waals surface area contributed by atoms with E-state index in [9.17, 15) is 10.2 Å². The van der Waals surface area contributed by atoms with Crippen LogP contribution in [0.4, 0.5) is 0 Å². The second-order valence-electron chi connectivity index (χ2n) is 7.03. The number of aryl methyl sites for hydroxylation is 1. The van der Waals surface area contributed by atoms with E-state index in [0.29, 0.717) is 6.61 Å². The van der Waals surface area contributed by atoms with Gasteiger partial charge in [-0.3, -0.25) is 0 Å². The largest absolute Gasteiger partial charge is 0.508 e. The van der Waals surface area contributed by atoms with Crippen LogP contribution in [0.15, 0.2) is 76.5 Å². The Morgan fingerprint density at radius 3 is 2.39 bits per heavy atom. The summed E-state index contributed by atoms with van der Waals surface area (Å²) < 4.78 is 6.17. The summed E-state index contributed by atoms with van der Waals surface area (Å²) in [5.41, 5.74) is 4.26. The van der Waals surface area contributed by atoms with E-state index in [1.165, 1.54) is 5.56 Å². The maximum absolute atomic E-state index is 10.1. The molecule has 0 unspecified atom stereocenters. The Balaban J connectivity index is 1.76. The third-order valence-electron chi connectivity index (χ3n) is 5.02. The number of phenols is 2. The maximum atomic E-state index is 10.1. The molecule has 1 aliphatic heterocycles. The van der Waals surface area contributed by atoms with Gasteiger partial charge < -0.3 is 14.9 Å². The third kappa shape index (κ3) is 2.86. The van der Waals surface area contributed by atoms with Gasteiger partial charge in [0.2, 0.25) is 0 Å². The molecule has 0 aliphatic carbocycles. The summed E-state index contributed by atoms with van der Waals surface area (Å²) in [6.07, 6.45) is 0. The molecule has 28 heavy (non-hydrogen) atoms. The number of phenolic OH excluding ortho intramolecular Hbond substituents is 2. The molecule has 3 nitrogen and oxygen atoms in total. The minimum atomic E-state index is 0.235. The summed E-state index contributed by atoms with van der Waals surface area (Å²) in [5.74, 6) is 1.30. The first-order chi connectivity index (χ1) is 13.6. The molecule has 1 heterocycles. The summed E-state index contributed by atoms with van der Waals surface area (Å²) in [5, 5.41) is 21.9. The lowest BCUT2D eigenvalue weighted by Gasteiger charge is -2.24. The number of hydrogen-bond acceptors (Lipinski definition) is 4. The van der Waals surface area contributed by atoms with Gasteiger partial charge in [-0.05, 0) is 60.3 Å². The van der Waals surface area contributed by atoms with E-state index in [-0.39, 0.29) is 11.5 Å². The van der Waals surface area contributed by atoms with Crippen molar-refractivity contribution in [2.45, 2.75) is 23.3 Å². The van der Waals surface area contributed by atoms with Crippen molar-refractivity contribution in [3.8, 4) is 28.4 Å². The fourth-order valence-corrected chi connectivity index (χ4v) is 4.67. The Hall–Kier alpha value is -3.11. The van der Waals surface area contributed by atoms with Crippen molar-refractivity contribution in [3.05, 3.63) is 77.9 Å². The first-order valence-corrected chi connectivity index (χ1v) is 9.89. The first kappa shape index (κ1) is 17.0. The topological polar surface area (TPSA) is 49.7 Å². The minimum Gasteiger partial charge on any atom is -0.508 e. The van der Waals surface area contributed by atoms with Gasteiger partial charge in [-0.25, -0.2) is 0 Å². The highest BCUT2D eigenvalue weighted by Gasteiger charge is 2.23. The van der Waals surface area contributed by atoms with Crippen LogP contribution in [-0.4, -0.2) is 10.2 Å². The van der Waals surface area contributed by atoms with Gasteiger partial charge in [0.15, 0.2) is 0 Å². The lowest BCUT2D eigenvalue weighted by molar-refractivity contribution is 0.295. The smallest absolute Gasteiger partial charge is 0.142 e. The van der Waals surface area contributed by atoms with Crippen molar-refractivity contribution in [3.63, 3.8) is 0 Å². The maximum Gasteiger partial charge on any atom is 0.142 e. The van der Waals surface area contributed by atoms with Crippen LogP contribution < -0.4 is 4.74 Å². The van der Waals surface area contributed by atoms with Gasteiger partial charge in [-0.15, -0.1) is 0 Å². The van der Waals surface area contributed by atoms with Crippen molar-refractivity contribution in [2.24, 2.45) is 0 Å². The van der Waals surface area contributed by atoms with Crippen LogP contribution in [0.5, 0.6) is 17.2 Å². The number of ether oxygens (including phenoxy) is 1. The van der Waals surface area contributed by atoms with Crippen molar-refractivity contribution in [1.29, 1.82) is 0 Å². The summed E-state index contributed by atoms with van der Waals surface area (Å²) in [4.78, 5) is 2.11. The Morgan fingerprint density at radius 2 is 1.57 bits per heavy atom. The Bertz CT molecular complexity index is 1210. The van der Waals surface area contributed by atoms with E-state index in [4.69, 9.17) is 4.74 Å². The number of aromatic hydroxyl groups is 2. The van der Waals surface area contributed by atoms with Crippen LogP contribution in [0.25, 0.3) is 21.9 Å². The van der Waals surface area contributed by atoms with Crippen molar-refractivity contribution in [2.75, 3.05) is 0 Å². The van der Waals surface area contributed by atoms with E-state index in [1.807, 2.05) is 12.1 Å². The standard InChI is InChI=1S/C24H18O3S/c1-14-2-7-19(8-3-14)28-24-21-12-18(26)5-4-15(21)11-22-20-9-6-17(25)10-16(20)13-27-23(22)24/h2-12,25-26H,13H2,1H3. The van der Waals surface area contributed by atoms with E-state index in [2.05, 4.69) is 37.3 Å². The highest BCUT2D eigenvalue weighted by Crippen LogP contribution is 2.50. The third-order valence-corrected chi connectivity index (χ3v) is 6.14. The molecule has 0 saturated carbocycles. The predicted octanol–water partition coefficient (Wildman–Crippen LogP) is 6.27. The van der Waals surface area contributed by atoms with Gasteiger partial charge in [0.1, 0.15) is 23.9 Å². The quantitative estimate of drug-likeness (QED) is 0.426. The summed E-state index contributed by atoms with van der Waals surface area (Å²) >= 11 is 1.64. The summed E-state index contributed by atoms with van der Waals surface area (Å²) in [6, 6.07) is 21.3. The zero-order valence-electron chi connectivity index (χ0n) is 15.3. The molecule has 4 heteroatoms. The van der Waals surface area contributed by atoms with Crippen LogP contribution >= 0.6 is 11.8 Å². The number of hydrogen-bond donors (Lipinski definition) is 2. The zero-order valence-corrected chi connectivity index (χ0v) is 16.1. The molecule has 0 saturated heterocycles. The van der Waals surface area contributed by atoms with Crippen LogP contribution in [0.3, 0.4) is 0 Å². The first-order valence-electron chi connectivity index (χ1n) is 9.08. The van der Waals surface area contributed by atoms with Gasteiger partial charge in [0.25, 0.3) is 0 Å². The van der Waals surface area contributed by atoms with Crippen molar-refractivity contribution >= 4 is 22.5 Å². The highest BCUT2D eigenvalue weighted by atomic mass is 32.2. The molecule has 0 aromatic heterocycles. The molecule has 5 rings (SSSR count). The van der Waals surface area contributed by atoms with Crippen LogP contribution in [0, 0.1) is 6.92 Å². The highest BCUT2D eigenvalue weighted by molar-refractivity contribution is 7.99. The van der Waals surface area contributed by atoms with Gasteiger partial charge in [-0.1, -0.05) is 41.6 Å². The molecule has 0 fully saturated rings. The molecule has 2 N–H and O–H groups in total. The van der Waals surface area contributed by atoms with E-state index < -0.39 is 0 Å². The van der Waals surface area contributed by atoms with Gasteiger partial charge >= 0.3 is 0 Å². The van der Waals surface area contributed by atoms with Crippen molar-refractivity contribution < 1.29 is 14.9 Å². The monoisotopic (exact) mass is 386 g/mol. The molecule has 0 atom stereocenters. The number of fused-ring (bicyclic) bond motifs is 4. The molecule has 0 amide bonds. The van der Waals surface area contributed by atoms with Gasteiger partial charge in [-0.2, -0.15) is 0 Å². The fourth-order valence-electron chi connectivity index (χ4n) is 3.61. The Labute approximate surface area is 167 Å². The molecule has 0 bridgehead atoms. The SMILES string of the molecule is Cc1ccc(Sc2c3c(cc4ccc(O)cc24)-c2ccc(O)cc2CO3)cc1. The van der Waals surface area contributed by atoms with Gasteiger partial charge in [0.05, 0.1) is 4.90 Å². The van der Waals surface area contributed by atoms with Crippen LogP contribution in [0.2, 0.25) is 0 Å². The Kier molecular flexibility index (Phi) is 3.95. The number of rotatable bonds is 2. The molecular weight excluding hydrogens is 368 g/mol. The van der Waals surface area contributed by atoms with E-state index >= 15 is 0 Å². The van der Waals surface area contributed by atoms with E-state index in [0.717, 1.165) is 43.0 Å². The van der Waals surface area contributed by atoms with Crippen LogP contribution in [0.1, 0.15) is 11.1 Å². The lowest BCUT2D eigenvalue weighted by Crippen LogP contribution is -2.06. The number of benzene rings is 4. The Morgan fingerprint density at radius 1 is 0.821 bits per heavy atom. The van der Waals surface area contributed by atoms with Crippen molar-refractivity contribution in [1.82, 2.24) is 0 Å². The second kappa shape index (κ2) is 6.50. The second-order valence-corrected chi connectivity index (χ2v) is 8.12. The lowest BCUT2D eigenvalue weighted by atomic mass is 9.94. The minimum absolute atomic E-state index is 0.235. The molecule has 138 valence electrons. The molecular formula is C24H18O3S. The summed E-state index contributed by atoms with van der Waals surface area (Å²) in [6.45, 7) is 2.48. The average Bonchev–Trinajstić information content (AvgIpc) is 2.69.